The summed E-state index contributed by atoms with van der Waals surface area (Å²) in [6, 6.07) is 0. The summed E-state index contributed by atoms with van der Waals surface area (Å²) < 4.78 is 11.0. The molecule has 1 atom stereocenters. The normalized spacial score (nSPS) is 26.5. The van der Waals surface area contributed by atoms with Crippen molar-refractivity contribution in [3.05, 3.63) is 10.6 Å². The molecule has 3 fully saturated rings. The summed E-state index contributed by atoms with van der Waals surface area (Å²) in [5.41, 5.74) is 0.201. The van der Waals surface area contributed by atoms with Crippen molar-refractivity contribution in [3.8, 4) is 0 Å². The van der Waals surface area contributed by atoms with E-state index < -0.39 is 5.60 Å². The fourth-order valence-corrected chi connectivity index (χ4v) is 4.98. The van der Waals surface area contributed by atoms with Gasteiger partial charge in [-0.05, 0) is 19.8 Å². The van der Waals surface area contributed by atoms with Gasteiger partial charge in [0, 0.05) is 26.7 Å². The first-order chi connectivity index (χ1) is 12.5. The summed E-state index contributed by atoms with van der Waals surface area (Å²) in [6.45, 7) is 6.54. The maximum absolute atomic E-state index is 13.1. The fraction of sp³-hybridized carbons (Fsp3) is 0.706. The molecule has 2 amide bonds. The Labute approximate surface area is 156 Å². The molecule has 0 radical (unpaired) electrons. The molecule has 4 heterocycles. The zero-order valence-electron chi connectivity index (χ0n) is 15.2. The number of ether oxygens (including phenoxy) is 2. The van der Waals surface area contributed by atoms with Crippen LogP contribution in [0.15, 0.2) is 0 Å². The quantitative estimate of drug-likeness (QED) is 0.771. The van der Waals surface area contributed by atoms with Crippen LogP contribution in [0, 0.1) is 6.92 Å². The van der Waals surface area contributed by atoms with Crippen molar-refractivity contribution < 1.29 is 19.1 Å². The minimum absolute atomic E-state index is 0.0100. The van der Waals surface area contributed by atoms with Gasteiger partial charge in [-0.25, -0.2) is 9.78 Å². The molecule has 3 aliphatic heterocycles. The molecular weight excluding hydrogens is 356 g/mol. The lowest BCUT2D eigenvalue weighted by Gasteiger charge is -2.38. The second-order valence-electron chi connectivity index (χ2n) is 7.25. The lowest BCUT2D eigenvalue weighted by molar-refractivity contribution is -0.00508. The number of piperidine rings is 1. The molecule has 3 aliphatic rings. The predicted octanol–water partition coefficient (Wildman–Crippen LogP) is 1.34. The zero-order chi connectivity index (χ0) is 18.3. The van der Waals surface area contributed by atoms with Crippen LogP contribution in [0.4, 0.5) is 9.93 Å². The van der Waals surface area contributed by atoms with Gasteiger partial charge in [-0.1, -0.05) is 11.3 Å². The molecule has 142 valence electrons. The van der Waals surface area contributed by atoms with Gasteiger partial charge in [0.25, 0.3) is 5.91 Å². The first kappa shape index (κ1) is 17.5. The molecule has 0 N–H and O–H groups in total. The van der Waals surface area contributed by atoms with Gasteiger partial charge >= 0.3 is 6.09 Å². The minimum atomic E-state index is -0.564. The molecule has 1 aromatic rings. The third kappa shape index (κ3) is 3.14. The summed E-state index contributed by atoms with van der Waals surface area (Å²) in [5, 5.41) is 0.882. The van der Waals surface area contributed by atoms with Crippen LogP contribution in [-0.2, 0) is 9.47 Å². The van der Waals surface area contributed by atoms with Crippen molar-refractivity contribution >= 4 is 28.5 Å². The van der Waals surface area contributed by atoms with Crippen molar-refractivity contribution in [1.29, 1.82) is 0 Å². The lowest BCUT2D eigenvalue weighted by atomic mass is 9.92. The Hall–Kier alpha value is -1.87. The van der Waals surface area contributed by atoms with E-state index in [2.05, 4.69) is 9.88 Å². The van der Waals surface area contributed by atoms with E-state index >= 15 is 0 Å². The second kappa shape index (κ2) is 6.70. The number of hydrogen-bond donors (Lipinski definition) is 0. The summed E-state index contributed by atoms with van der Waals surface area (Å²) in [6.07, 6.45) is 1.33. The molecule has 0 saturated carbocycles. The topological polar surface area (TPSA) is 75.2 Å². The Kier molecular flexibility index (Phi) is 4.52. The highest BCUT2D eigenvalue weighted by Crippen LogP contribution is 2.34. The van der Waals surface area contributed by atoms with E-state index in [0.717, 1.165) is 36.8 Å². The van der Waals surface area contributed by atoms with E-state index in [1.54, 1.807) is 11.9 Å². The monoisotopic (exact) mass is 380 g/mol. The number of likely N-dealkylation sites (tertiary alicyclic amines) is 1. The van der Waals surface area contributed by atoms with Crippen LogP contribution in [0.5, 0.6) is 0 Å². The Morgan fingerprint density at radius 1 is 1.23 bits per heavy atom. The van der Waals surface area contributed by atoms with Gasteiger partial charge in [0.15, 0.2) is 5.13 Å². The van der Waals surface area contributed by atoms with Crippen LogP contribution in [0.1, 0.15) is 28.2 Å². The number of likely N-dealkylation sites (N-methyl/N-ethyl adjacent to an activating group) is 1. The van der Waals surface area contributed by atoms with Crippen molar-refractivity contribution in [2.75, 3.05) is 57.9 Å². The highest BCUT2D eigenvalue weighted by molar-refractivity contribution is 7.17. The standard InChI is InChI=1S/C17H24N4O4S/c1-12-13(26-15(18-12)20-6-8-24-9-7-20)14(22)21-5-3-4-17(11-21)10-19(2)16(23)25-17/h3-11H2,1-2H3. The molecule has 8 nitrogen and oxygen atoms in total. The summed E-state index contributed by atoms with van der Waals surface area (Å²) in [5.74, 6) is -0.0100. The van der Waals surface area contributed by atoms with E-state index in [1.165, 1.54) is 11.3 Å². The first-order valence-electron chi connectivity index (χ1n) is 9.01. The average molecular weight is 380 g/mol. The van der Waals surface area contributed by atoms with Crippen LogP contribution in [0.25, 0.3) is 0 Å². The van der Waals surface area contributed by atoms with E-state index in [9.17, 15) is 9.59 Å². The number of thiazole rings is 1. The van der Waals surface area contributed by atoms with Crippen LogP contribution in [-0.4, -0.2) is 85.4 Å². The average Bonchev–Trinajstić information content (AvgIpc) is 3.15. The Bertz CT molecular complexity index is 718. The molecule has 1 aromatic heterocycles. The Morgan fingerprint density at radius 2 is 2.00 bits per heavy atom. The molecule has 1 spiro atoms. The van der Waals surface area contributed by atoms with Crippen molar-refractivity contribution in [2.45, 2.75) is 25.4 Å². The second-order valence-corrected chi connectivity index (χ2v) is 8.23. The van der Waals surface area contributed by atoms with Gasteiger partial charge < -0.3 is 24.2 Å². The van der Waals surface area contributed by atoms with Gasteiger partial charge in [0.2, 0.25) is 0 Å². The SMILES string of the molecule is Cc1nc(N2CCOCC2)sc1C(=O)N1CCCC2(CN(C)C(=O)O2)C1. The predicted molar refractivity (Wildman–Crippen MR) is 96.9 cm³/mol. The smallest absolute Gasteiger partial charge is 0.410 e. The molecule has 0 bridgehead atoms. The van der Waals surface area contributed by atoms with E-state index in [0.29, 0.717) is 37.7 Å². The molecule has 4 rings (SSSR count). The Morgan fingerprint density at radius 3 is 2.69 bits per heavy atom. The van der Waals surface area contributed by atoms with Crippen molar-refractivity contribution in [3.63, 3.8) is 0 Å². The van der Waals surface area contributed by atoms with Crippen molar-refractivity contribution in [2.24, 2.45) is 0 Å². The van der Waals surface area contributed by atoms with Crippen LogP contribution in [0.3, 0.4) is 0 Å². The summed E-state index contributed by atoms with van der Waals surface area (Å²) in [7, 11) is 1.74. The molecule has 3 saturated heterocycles. The molecule has 9 heteroatoms. The number of aryl methyl sites for hydroxylation is 1. The molecule has 0 aromatic carbocycles. The number of nitrogens with zero attached hydrogens (tertiary/aromatic N) is 4. The van der Waals surface area contributed by atoms with Crippen molar-refractivity contribution in [1.82, 2.24) is 14.8 Å². The number of anilines is 1. The maximum Gasteiger partial charge on any atom is 0.410 e. The first-order valence-corrected chi connectivity index (χ1v) is 9.83. The lowest BCUT2D eigenvalue weighted by Crippen LogP contribution is -2.52. The van der Waals surface area contributed by atoms with E-state index in [-0.39, 0.29) is 12.0 Å². The fourth-order valence-electron chi connectivity index (χ4n) is 3.89. The third-order valence-corrected chi connectivity index (χ3v) is 6.43. The van der Waals surface area contributed by atoms with Gasteiger partial charge in [0.05, 0.1) is 32.0 Å². The summed E-state index contributed by atoms with van der Waals surface area (Å²) in [4.78, 5) is 35.8. The van der Waals surface area contributed by atoms with Crippen LogP contribution in [0.2, 0.25) is 0 Å². The number of carbonyl (C=O) groups excluding carboxylic acids is 2. The highest BCUT2D eigenvalue weighted by Gasteiger charge is 2.47. The maximum atomic E-state index is 13.1. The molecule has 1 unspecified atom stereocenters. The number of carbonyl (C=O) groups is 2. The van der Waals surface area contributed by atoms with Gasteiger partial charge in [0.1, 0.15) is 10.5 Å². The van der Waals surface area contributed by atoms with E-state index in [1.807, 2.05) is 11.8 Å². The minimum Gasteiger partial charge on any atom is -0.439 e. The van der Waals surface area contributed by atoms with E-state index in [4.69, 9.17) is 9.47 Å². The summed E-state index contributed by atoms with van der Waals surface area (Å²) >= 11 is 1.45. The number of amides is 2. The number of morpholine rings is 1. The molecule has 26 heavy (non-hydrogen) atoms. The third-order valence-electron chi connectivity index (χ3n) is 5.23. The van der Waals surface area contributed by atoms with Gasteiger partial charge in [-0.2, -0.15) is 0 Å². The Balaban J connectivity index is 1.50. The highest BCUT2D eigenvalue weighted by atomic mass is 32.1. The van der Waals surface area contributed by atoms with Gasteiger partial charge in [-0.15, -0.1) is 0 Å². The zero-order valence-corrected chi connectivity index (χ0v) is 16.0. The van der Waals surface area contributed by atoms with Crippen LogP contribution < -0.4 is 4.90 Å². The van der Waals surface area contributed by atoms with Gasteiger partial charge in [-0.3, -0.25) is 4.79 Å². The molecule has 0 aliphatic carbocycles. The van der Waals surface area contributed by atoms with Crippen LogP contribution >= 0.6 is 11.3 Å². The number of rotatable bonds is 2. The number of hydrogen-bond acceptors (Lipinski definition) is 7. The number of aromatic nitrogens is 1. The molecular formula is C17H24N4O4S. The largest absolute Gasteiger partial charge is 0.439 e.